The quantitative estimate of drug-likeness (QED) is 0.557. The molecule has 2 aliphatic rings. The van der Waals surface area contributed by atoms with Crippen LogP contribution in [0.3, 0.4) is 0 Å². The lowest BCUT2D eigenvalue weighted by molar-refractivity contribution is 0.0985. The number of hydrogen-bond acceptors (Lipinski definition) is 7. The minimum Gasteiger partial charge on any atom is -0.493 e. The van der Waals surface area contributed by atoms with Crippen LogP contribution in [-0.4, -0.2) is 52.8 Å². The lowest BCUT2D eigenvalue weighted by atomic mass is 9.93. The Balaban J connectivity index is 1.53. The summed E-state index contributed by atoms with van der Waals surface area (Å²) in [6.45, 7) is 1.78. The summed E-state index contributed by atoms with van der Waals surface area (Å²) in [6.07, 6.45) is 7.25. The summed E-state index contributed by atoms with van der Waals surface area (Å²) in [5.74, 6) is 1.86. The zero-order valence-corrected chi connectivity index (χ0v) is 17.8. The fourth-order valence-electron chi connectivity index (χ4n) is 4.18. The highest BCUT2D eigenvalue weighted by atomic mass is 16.5. The van der Waals surface area contributed by atoms with Crippen molar-refractivity contribution in [2.75, 3.05) is 29.9 Å². The van der Waals surface area contributed by atoms with Gasteiger partial charge in [0.25, 0.3) is 5.91 Å². The molecule has 1 amide bonds. The summed E-state index contributed by atoms with van der Waals surface area (Å²) < 4.78 is 5.57. The standard InChI is InChI=1S/C23H31N5O3/c24-11-1-2-13-28(22(30)17-3-8-20-16(15-17)10-14-31-20)21-9-12-25-23(27-21)26-18-4-6-19(29)7-5-18/h3,8-9,12,15,18-19,29H,1-2,4-7,10-11,13-14,24H2,(H,25,26,27). The molecule has 166 valence electrons. The minimum absolute atomic E-state index is 0.0860. The molecule has 2 heterocycles. The van der Waals surface area contributed by atoms with Gasteiger partial charge < -0.3 is 20.9 Å². The van der Waals surface area contributed by atoms with Crippen LogP contribution < -0.4 is 20.7 Å². The van der Waals surface area contributed by atoms with Crippen molar-refractivity contribution in [2.24, 2.45) is 5.73 Å². The van der Waals surface area contributed by atoms with E-state index < -0.39 is 0 Å². The second-order valence-corrected chi connectivity index (χ2v) is 8.26. The molecule has 1 aromatic heterocycles. The first-order valence-electron chi connectivity index (χ1n) is 11.2. The van der Waals surface area contributed by atoms with Crippen LogP contribution in [0.2, 0.25) is 0 Å². The Bertz CT molecular complexity index is 899. The number of carbonyl (C=O) groups excluding carboxylic acids is 1. The van der Waals surface area contributed by atoms with Crippen LogP contribution in [0.1, 0.15) is 54.4 Å². The second-order valence-electron chi connectivity index (χ2n) is 8.26. The third kappa shape index (κ3) is 5.32. The fraction of sp³-hybridized carbons (Fsp3) is 0.522. The largest absolute Gasteiger partial charge is 0.493 e. The van der Waals surface area contributed by atoms with Gasteiger partial charge in [0, 0.05) is 30.8 Å². The first-order chi connectivity index (χ1) is 15.1. The number of hydrogen-bond donors (Lipinski definition) is 3. The van der Waals surface area contributed by atoms with E-state index in [1.165, 1.54) is 0 Å². The van der Waals surface area contributed by atoms with Crippen LogP contribution in [0, 0.1) is 0 Å². The number of aliphatic hydroxyl groups is 1. The first kappa shape index (κ1) is 21.5. The SMILES string of the molecule is NCCCCN(C(=O)c1ccc2c(c1)CCO2)c1ccnc(NC2CCC(O)CC2)n1. The van der Waals surface area contributed by atoms with Gasteiger partial charge in [-0.2, -0.15) is 4.98 Å². The van der Waals surface area contributed by atoms with E-state index in [1.54, 1.807) is 17.2 Å². The molecule has 1 aliphatic heterocycles. The molecule has 0 atom stereocenters. The first-order valence-corrected chi connectivity index (χ1v) is 11.2. The normalized spacial score (nSPS) is 20.1. The Morgan fingerprint density at radius 1 is 1.23 bits per heavy atom. The summed E-state index contributed by atoms with van der Waals surface area (Å²) in [4.78, 5) is 24.1. The molecule has 1 fully saturated rings. The molecule has 4 N–H and O–H groups in total. The van der Waals surface area contributed by atoms with Crippen LogP contribution in [0.5, 0.6) is 5.75 Å². The zero-order chi connectivity index (χ0) is 21.6. The van der Waals surface area contributed by atoms with Crippen LogP contribution in [0.15, 0.2) is 30.5 Å². The number of amides is 1. The van der Waals surface area contributed by atoms with Crippen molar-refractivity contribution >= 4 is 17.7 Å². The molecule has 2 aromatic rings. The lowest BCUT2D eigenvalue weighted by Crippen LogP contribution is -2.34. The molecular weight excluding hydrogens is 394 g/mol. The number of benzene rings is 1. The van der Waals surface area contributed by atoms with Gasteiger partial charge in [0.15, 0.2) is 0 Å². The summed E-state index contributed by atoms with van der Waals surface area (Å²) in [5, 5.41) is 13.1. The molecule has 0 saturated heterocycles. The predicted octanol–water partition coefficient (Wildman–Crippen LogP) is 2.51. The molecule has 1 aliphatic carbocycles. The van der Waals surface area contributed by atoms with Gasteiger partial charge in [-0.1, -0.05) is 0 Å². The predicted molar refractivity (Wildman–Crippen MR) is 120 cm³/mol. The van der Waals surface area contributed by atoms with Crippen molar-refractivity contribution in [3.8, 4) is 5.75 Å². The Morgan fingerprint density at radius 3 is 2.87 bits per heavy atom. The van der Waals surface area contributed by atoms with Crippen LogP contribution >= 0.6 is 0 Å². The van der Waals surface area contributed by atoms with E-state index in [1.807, 2.05) is 18.2 Å². The van der Waals surface area contributed by atoms with E-state index in [2.05, 4.69) is 15.3 Å². The van der Waals surface area contributed by atoms with Crippen LogP contribution in [0.4, 0.5) is 11.8 Å². The second kappa shape index (κ2) is 10.1. The van der Waals surface area contributed by atoms with Crippen molar-refractivity contribution in [3.05, 3.63) is 41.6 Å². The number of ether oxygens (including phenoxy) is 1. The van der Waals surface area contributed by atoms with E-state index in [9.17, 15) is 9.90 Å². The van der Waals surface area contributed by atoms with E-state index in [-0.39, 0.29) is 18.1 Å². The van der Waals surface area contributed by atoms with Crippen molar-refractivity contribution in [3.63, 3.8) is 0 Å². The number of nitrogens with zero attached hydrogens (tertiary/aromatic N) is 3. The van der Waals surface area contributed by atoms with Gasteiger partial charge in [-0.25, -0.2) is 4.98 Å². The van der Waals surface area contributed by atoms with Gasteiger partial charge in [0.05, 0.1) is 12.7 Å². The summed E-state index contributed by atoms with van der Waals surface area (Å²) >= 11 is 0. The highest BCUT2D eigenvalue weighted by Gasteiger charge is 2.23. The molecule has 4 rings (SSSR count). The van der Waals surface area contributed by atoms with Crippen molar-refractivity contribution in [1.82, 2.24) is 9.97 Å². The highest BCUT2D eigenvalue weighted by Crippen LogP contribution is 2.27. The number of nitrogens with one attached hydrogen (secondary N) is 1. The maximum atomic E-state index is 13.4. The molecule has 0 unspecified atom stereocenters. The number of unbranched alkanes of at least 4 members (excludes halogenated alkanes) is 1. The average molecular weight is 426 g/mol. The Morgan fingerprint density at radius 2 is 2.06 bits per heavy atom. The number of fused-ring (bicyclic) bond motifs is 1. The Kier molecular flexibility index (Phi) is 6.99. The maximum Gasteiger partial charge on any atom is 0.259 e. The number of anilines is 2. The fourth-order valence-corrected chi connectivity index (χ4v) is 4.18. The monoisotopic (exact) mass is 425 g/mol. The van der Waals surface area contributed by atoms with Gasteiger partial charge >= 0.3 is 0 Å². The number of aromatic nitrogens is 2. The van der Waals surface area contributed by atoms with Gasteiger partial charge in [0.2, 0.25) is 5.95 Å². The smallest absolute Gasteiger partial charge is 0.259 e. The van der Waals surface area contributed by atoms with E-state index in [0.717, 1.165) is 56.3 Å². The zero-order valence-electron chi connectivity index (χ0n) is 17.8. The van der Waals surface area contributed by atoms with Crippen molar-refractivity contribution in [2.45, 2.75) is 57.1 Å². The number of carbonyl (C=O) groups is 1. The molecule has 1 saturated carbocycles. The highest BCUT2D eigenvalue weighted by molar-refractivity contribution is 6.05. The summed E-state index contributed by atoms with van der Waals surface area (Å²) in [6, 6.07) is 7.62. The molecule has 0 radical (unpaired) electrons. The summed E-state index contributed by atoms with van der Waals surface area (Å²) in [5.41, 5.74) is 7.37. The van der Waals surface area contributed by atoms with Crippen LogP contribution in [-0.2, 0) is 6.42 Å². The van der Waals surface area contributed by atoms with E-state index in [4.69, 9.17) is 10.5 Å². The Labute approximate surface area is 182 Å². The average Bonchev–Trinajstić information content (AvgIpc) is 3.26. The molecular formula is C23H31N5O3. The summed E-state index contributed by atoms with van der Waals surface area (Å²) in [7, 11) is 0. The Hall–Kier alpha value is -2.71. The maximum absolute atomic E-state index is 13.4. The topological polar surface area (TPSA) is 114 Å². The number of nitrogens with two attached hydrogens (primary N) is 1. The van der Waals surface area contributed by atoms with Crippen molar-refractivity contribution in [1.29, 1.82) is 0 Å². The van der Waals surface area contributed by atoms with Crippen molar-refractivity contribution < 1.29 is 14.6 Å². The third-order valence-electron chi connectivity index (χ3n) is 5.96. The molecule has 8 heteroatoms. The van der Waals surface area contributed by atoms with Gasteiger partial charge in [-0.05, 0) is 74.9 Å². The molecule has 0 spiro atoms. The number of rotatable bonds is 8. The van der Waals surface area contributed by atoms with Gasteiger partial charge in [0.1, 0.15) is 11.6 Å². The molecule has 0 bridgehead atoms. The number of aliphatic hydroxyl groups excluding tert-OH is 1. The molecule has 31 heavy (non-hydrogen) atoms. The van der Waals surface area contributed by atoms with Crippen LogP contribution in [0.25, 0.3) is 0 Å². The lowest BCUT2D eigenvalue weighted by Gasteiger charge is -2.27. The van der Waals surface area contributed by atoms with Gasteiger partial charge in [-0.3, -0.25) is 9.69 Å². The minimum atomic E-state index is -0.210. The molecule has 8 nitrogen and oxygen atoms in total. The van der Waals surface area contributed by atoms with E-state index in [0.29, 0.717) is 37.0 Å². The molecule has 1 aromatic carbocycles. The van der Waals surface area contributed by atoms with Gasteiger partial charge in [-0.15, -0.1) is 0 Å². The third-order valence-corrected chi connectivity index (χ3v) is 5.96. The van der Waals surface area contributed by atoms with E-state index >= 15 is 0 Å².